The molecule has 0 saturated heterocycles. The molecule has 0 spiro atoms. The molecule has 1 fully saturated rings. The number of benzene rings is 2. The number of methoxy groups -OCH3 is 2. The minimum Gasteiger partial charge on any atom is -0.493 e. The van der Waals surface area contributed by atoms with Crippen molar-refractivity contribution in [1.82, 2.24) is 0 Å². The molecular formula is C21H24N2O4. The molecule has 6 heteroatoms. The highest BCUT2D eigenvalue weighted by atomic mass is 16.5. The number of aryl methyl sites for hydroxylation is 2. The van der Waals surface area contributed by atoms with E-state index in [0.717, 1.165) is 16.8 Å². The summed E-state index contributed by atoms with van der Waals surface area (Å²) in [5.41, 5.74) is 3.55. The van der Waals surface area contributed by atoms with Gasteiger partial charge in [-0.3, -0.25) is 9.59 Å². The van der Waals surface area contributed by atoms with E-state index >= 15 is 0 Å². The van der Waals surface area contributed by atoms with Crippen LogP contribution in [0.4, 0.5) is 11.4 Å². The first-order chi connectivity index (χ1) is 12.9. The largest absolute Gasteiger partial charge is 0.493 e. The number of carbonyl (C=O) groups excluding carboxylic acids is 2. The molecule has 0 radical (unpaired) electrons. The fraction of sp³-hybridized carbons (Fsp3) is 0.333. The van der Waals surface area contributed by atoms with Gasteiger partial charge in [-0.1, -0.05) is 17.7 Å². The molecule has 2 unspecified atom stereocenters. The predicted molar refractivity (Wildman–Crippen MR) is 104 cm³/mol. The highest BCUT2D eigenvalue weighted by Gasteiger charge is 2.48. The van der Waals surface area contributed by atoms with Crippen molar-refractivity contribution >= 4 is 23.2 Å². The third-order valence-electron chi connectivity index (χ3n) is 4.75. The molecule has 142 valence electrons. The van der Waals surface area contributed by atoms with Gasteiger partial charge in [-0.2, -0.15) is 0 Å². The van der Waals surface area contributed by atoms with Crippen LogP contribution in [0.5, 0.6) is 11.5 Å². The van der Waals surface area contributed by atoms with Gasteiger partial charge in [0.15, 0.2) is 11.5 Å². The van der Waals surface area contributed by atoms with E-state index in [1.54, 1.807) is 25.3 Å². The molecule has 27 heavy (non-hydrogen) atoms. The summed E-state index contributed by atoms with van der Waals surface area (Å²) in [5.74, 6) is 0.231. The number of amides is 2. The van der Waals surface area contributed by atoms with E-state index in [9.17, 15) is 9.59 Å². The second-order valence-electron chi connectivity index (χ2n) is 6.82. The van der Waals surface area contributed by atoms with Gasteiger partial charge in [0.05, 0.1) is 26.1 Å². The normalized spacial score (nSPS) is 17.8. The summed E-state index contributed by atoms with van der Waals surface area (Å²) in [6.45, 7) is 3.96. The van der Waals surface area contributed by atoms with Crippen molar-refractivity contribution < 1.29 is 19.1 Å². The van der Waals surface area contributed by atoms with E-state index in [4.69, 9.17) is 9.47 Å². The number of hydrogen-bond donors (Lipinski definition) is 2. The molecule has 6 nitrogen and oxygen atoms in total. The molecule has 3 rings (SSSR count). The van der Waals surface area contributed by atoms with Gasteiger partial charge < -0.3 is 20.1 Å². The Morgan fingerprint density at radius 1 is 0.889 bits per heavy atom. The van der Waals surface area contributed by atoms with Gasteiger partial charge in [-0.25, -0.2) is 0 Å². The van der Waals surface area contributed by atoms with Crippen molar-refractivity contribution in [3.63, 3.8) is 0 Å². The van der Waals surface area contributed by atoms with Crippen molar-refractivity contribution in [3.8, 4) is 11.5 Å². The maximum Gasteiger partial charge on any atom is 0.228 e. The van der Waals surface area contributed by atoms with Crippen molar-refractivity contribution in [2.45, 2.75) is 20.3 Å². The van der Waals surface area contributed by atoms with Crippen molar-refractivity contribution in [2.75, 3.05) is 24.9 Å². The average Bonchev–Trinajstić information content (AvgIpc) is 3.45. The van der Waals surface area contributed by atoms with Gasteiger partial charge in [-0.05, 0) is 44.0 Å². The molecule has 2 aromatic carbocycles. The second kappa shape index (κ2) is 7.70. The van der Waals surface area contributed by atoms with E-state index < -0.39 is 0 Å². The van der Waals surface area contributed by atoms with Crippen LogP contribution in [0.3, 0.4) is 0 Å². The van der Waals surface area contributed by atoms with Crippen LogP contribution in [0.1, 0.15) is 17.5 Å². The SMILES string of the molecule is COc1ccc(NC(=O)C2CC2C(=O)Nc2ccc(C)cc2C)cc1OC. The molecule has 1 aliphatic carbocycles. The lowest BCUT2D eigenvalue weighted by molar-refractivity contribution is -0.122. The summed E-state index contributed by atoms with van der Waals surface area (Å²) in [6.07, 6.45) is 0.551. The Bertz CT molecular complexity index is 878. The predicted octanol–water partition coefficient (Wildman–Crippen LogP) is 3.53. The topological polar surface area (TPSA) is 76.7 Å². The quantitative estimate of drug-likeness (QED) is 0.818. The number of carbonyl (C=O) groups is 2. The van der Waals surface area contributed by atoms with Gasteiger partial charge in [0, 0.05) is 17.4 Å². The molecule has 2 aromatic rings. The number of anilines is 2. The lowest BCUT2D eigenvalue weighted by Crippen LogP contribution is -2.21. The highest BCUT2D eigenvalue weighted by Crippen LogP contribution is 2.41. The Hall–Kier alpha value is -3.02. The van der Waals surface area contributed by atoms with E-state index in [2.05, 4.69) is 10.6 Å². The van der Waals surface area contributed by atoms with E-state index in [1.807, 2.05) is 32.0 Å². The third kappa shape index (κ3) is 4.22. The smallest absolute Gasteiger partial charge is 0.228 e. The maximum absolute atomic E-state index is 12.4. The van der Waals surface area contributed by atoms with Crippen LogP contribution in [0, 0.1) is 25.7 Å². The van der Waals surface area contributed by atoms with E-state index in [0.29, 0.717) is 23.6 Å². The number of rotatable bonds is 6. The van der Waals surface area contributed by atoms with Crippen LogP contribution in [-0.4, -0.2) is 26.0 Å². The molecule has 1 aliphatic rings. The van der Waals surface area contributed by atoms with Crippen LogP contribution in [0.2, 0.25) is 0 Å². The zero-order valence-electron chi connectivity index (χ0n) is 16.0. The maximum atomic E-state index is 12.4. The monoisotopic (exact) mass is 368 g/mol. The summed E-state index contributed by atoms with van der Waals surface area (Å²) in [7, 11) is 3.09. The lowest BCUT2D eigenvalue weighted by atomic mass is 10.1. The molecule has 2 N–H and O–H groups in total. The molecule has 0 aromatic heterocycles. The summed E-state index contributed by atoms with van der Waals surface area (Å²) in [4.78, 5) is 24.9. The van der Waals surface area contributed by atoms with Crippen molar-refractivity contribution in [3.05, 3.63) is 47.5 Å². The molecule has 2 atom stereocenters. The van der Waals surface area contributed by atoms with E-state index in [1.165, 1.54) is 7.11 Å². The van der Waals surface area contributed by atoms with Crippen LogP contribution in [0.15, 0.2) is 36.4 Å². The van der Waals surface area contributed by atoms with Gasteiger partial charge in [0.25, 0.3) is 0 Å². The van der Waals surface area contributed by atoms with Crippen LogP contribution in [-0.2, 0) is 9.59 Å². The lowest BCUT2D eigenvalue weighted by Gasteiger charge is -2.11. The highest BCUT2D eigenvalue weighted by molar-refractivity contribution is 6.03. The molecule has 2 amide bonds. The first-order valence-electron chi connectivity index (χ1n) is 8.84. The average molecular weight is 368 g/mol. The Balaban J connectivity index is 1.59. The molecule has 0 aliphatic heterocycles. The standard InChI is InChI=1S/C21H24N2O4/c1-12-5-7-17(13(2)9-12)23-21(25)16-11-15(16)20(24)22-14-6-8-18(26-3)19(10-14)27-4/h5-10,15-16H,11H2,1-4H3,(H,22,24)(H,23,25). The van der Waals surface area contributed by atoms with E-state index in [-0.39, 0.29) is 23.7 Å². The summed E-state index contributed by atoms with van der Waals surface area (Å²) < 4.78 is 10.4. The fourth-order valence-electron chi connectivity index (χ4n) is 3.10. The van der Waals surface area contributed by atoms with Crippen LogP contribution in [0.25, 0.3) is 0 Å². The summed E-state index contributed by atoms with van der Waals surface area (Å²) in [6, 6.07) is 11.0. The summed E-state index contributed by atoms with van der Waals surface area (Å²) >= 11 is 0. The Morgan fingerprint density at radius 2 is 1.56 bits per heavy atom. The number of ether oxygens (including phenoxy) is 2. The van der Waals surface area contributed by atoms with Crippen molar-refractivity contribution in [2.24, 2.45) is 11.8 Å². The number of hydrogen-bond acceptors (Lipinski definition) is 4. The first kappa shape index (κ1) is 18.8. The zero-order valence-corrected chi connectivity index (χ0v) is 16.0. The van der Waals surface area contributed by atoms with Gasteiger partial charge in [-0.15, -0.1) is 0 Å². The van der Waals surface area contributed by atoms with Gasteiger partial charge >= 0.3 is 0 Å². The van der Waals surface area contributed by atoms with Crippen LogP contribution < -0.4 is 20.1 Å². The van der Waals surface area contributed by atoms with Crippen LogP contribution >= 0.6 is 0 Å². The molecular weight excluding hydrogens is 344 g/mol. The van der Waals surface area contributed by atoms with Gasteiger partial charge in [0.1, 0.15) is 0 Å². The molecule has 1 saturated carbocycles. The number of nitrogens with one attached hydrogen (secondary N) is 2. The third-order valence-corrected chi connectivity index (χ3v) is 4.75. The Morgan fingerprint density at radius 3 is 2.19 bits per heavy atom. The molecule has 0 heterocycles. The fourth-order valence-corrected chi connectivity index (χ4v) is 3.10. The second-order valence-corrected chi connectivity index (χ2v) is 6.82. The summed E-state index contributed by atoms with van der Waals surface area (Å²) in [5, 5.41) is 5.77. The zero-order chi connectivity index (χ0) is 19.6. The minimum absolute atomic E-state index is 0.116. The Labute approximate surface area is 158 Å². The minimum atomic E-state index is -0.316. The molecule has 0 bridgehead atoms. The van der Waals surface area contributed by atoms with Crippen molar-refractivity contribution in [1.29, 1.82) is 0 Å². The Kier molecular flexibility index (Phi) is 5.35. The first-order valence-corrected chi connectivity index (χ1v) is 8.84. The van der Waals surface area contributed by atoms with Gasteiger partial charge in [0.2, 0.25) is 11.8 Å².